The van der Waals surface area contributed by atoms with Gasteiger partial charge in [-0.15, -0.1) is 22.7 Å². The van der Waals surface area contributed by atoms with Gasteiger partial charge >= 0.3 is 0 Å². The Hall–Kier alpha value is -7.50. The van der Waals surface area contributed by atoms with Crippen molar-refractivity contribution in [2.75, 3.05) is 0 Å². The van der Waals surface area contributed by atoms with Crippen LogP contribution < -0.4 is 0 Å². The molecule has 4 heteroatoms. The van der Waals surface area contributed by atoms with Gasteiger partial charge in [-0.05, 0) is 101 Å². The number of hydrogen-bond donors (Lipinski definition) is 0. The van der Waals surface area contributed by atoms with Gasteiger partial charge in [0.15, 0.2) is 0 Å². The van der Waals surface area contributed by atoms with Gasteiger partial charge in [0.2, 0.25) is 0 Å². The first-order valence-electron chi connectivity index (χ1n) is 22.1. The Morgan fingerprint density at radius 1 is 0.391 bits per heavy atom. The van der Waals surface area contributed by atoms with Crippen molar-refractivity contribution in [1.82, 2.24) is 9.13 Å². The summed E-state index contributed by atoms with van der Waals surface area (Å²) in [6.45, 7) is 0. The van der Waals surface area contributed by atoms with Crippen molar-refractivity contribution in [3.8, 4) is 22.5 Å². The van der Waals surface area contributed by atoms with Crippen molar-refractivity contribution < 1.29 is 0 Å². The molecule has 0 aliphatic heterocycles. The van der Waals surface area contributed by atoms with Crippen LogP contribution in [0.4, 0.5) is 0 Å². The molecule has 0 N–H and O–H groups in total. The van der Waals surface area contributed by atoms with Gasteiger partial charge in [-0.3, -0.25) is 0 Å². The molecule has 0 saturated heterocycles. The van der Waals surface area contributed by atoms with Crippen LogP contribution in [-0.4, -0.2) is 9.13 Å². The molecule has 0 bridgehead atoms. The molecule has 0 amide bonds. The predicted octanol–water partition coefficient (Wildman–Crippen LogP) is 17.4. The van der Waals surface area contributed by atoms with E-state index in [0.29, 0.717) is 0 Å². The van der Waals surface area contributed by atoms with E-state index in [4.69, 9.17) is 0 Å². The number of thiophene rings is 2. The molecular weight excluding hydrogens is 813 g/mol. The molecule has 13 aromatic rings. The molecule has 0 spiro atoms. The molecule has 300 valence electrons. The number of aromatic nitrogens is 2. The second-order valence-corrected chi connectivity index (χ2v) is 19.3. The molecule has 9 aromatic carbocycles. The molecule has 0 radical (unpaired) electrons. The summed E-state index contributed by atoms with van der Waals surface area (Å²) in [5.41, 5.74) is 13.8. The van der Waals surface area contributed by atoms with Crippen molar-refractivity contribution in [3.05, 3.63) is 223 Å². The summed E-state index contributed by atoms with van der Waals surface area (Å²) in [7, 11) is 0. The number of benzene rings is 9. The molecule has 1 atom stereocenters. The topological polar surface area (TPSA) is 9.86 Å². The lowest BCUT2D eigenvalue weighted by Crippen LogP contribution is -1.99. The van der Waals surface area contributed by atoms with Gasteiger partial charge in [-0.2, -0.15) is 0 Å². The monoisotopic (exact) mass is 850 g/mol. The lowest BCUT2D eigenvalue weighted by atomic mass is 9.86. The van der Waals surface area contributed by atoms with E-state index in [0.717, 1.165) is 6.42 Å². The summed E-state index contributed by atoms with van der Waals surface area (Å²) in [4.78, 5) is 0. The average molecular weight is 851 g/mol. The van der Waals surface area contributed by atoms with Crippen LogP contribution in [0.25, 0.3) is 112 Å². The maximum atomic E-state index is 2.51. The number of nitrogens with zero attached hydrogens (tertiary/aromatic N) is 2. The number of rotatable bonds is 5. The first-order chi connectivity index (χ1) is 31.7. The van der Waals surface area contributed by atoms with E-state index in [2.05, 4.69) is 221 Å². The van der Waals surface area contributed by atoms with E-state index in [-0.39, 0.29) is 5.92 Å². The van der Waals surface area contributed by atoms with Crippen molar-refractivity contribution in [2.24, 2.45) is 0 Å². The van der Waals surface area contributed by atoms with E-state index in [1.165, 1.54) is 123 Å². The fraction of sp³-hybridized carbons (Fsp3) is 0.0333. The van der Waals surface area contributed by atoms with Gasteiger partial charge in [0.1, 0.15) is 0 Å². The molecule has 0 saturated carbocycles. The van der Waals surface area contributed by atoms with Crippen molar-refractivity contribution in [3.63, 3.8) is 0 Å². The average Bonchev–Trinajstić information content (AvgIpc) is 4.11. The molecule has 64 heavy (non-hydrogen) atoms. The van der Waals surface area contributed by atoms with Gasteiger partial charge < -0.3 is 9.13 Å². The smallest absolute Gasteiger partial charge is 0.0541 e. The van der Waals surface area contributed by atoms with Crippen molar-refractivity contribution in [2.45, 2.75) is 12.3 Å². The summed E-state index contributed by atoms with van der Waals surface area (Å²) >= 11 is 3.83. The zero-order valence-electron chi connectivity index (χ0n) is 34.7. The first kappa shape index (κ1) is 36.0. The molecule has 2 nitrogen and oxygen atoms in total. The third-order valence-electron chi connectivity index (χ3n) is 13.6. The van der Waals surface area contributed by atoms with E-state index in [1.54, 1.807) is 0 Å². The normalized spacial score (nSPS) is 14.4. The van der Waals surface area contributed by atoms with Crippen LogP contribution in [0, 0.1) is 0 Å². The summed E-state index contributed by atoms with van der Waals surface area (Å²) in [5.74, 6) is 0.284. The molecule has 4 aromatic heterocycles. The molecule has 1 unspecified atom stereocenters. The molecule has 1 aliphatic carbocycles. The third-order valence-corrected chi connectivity index (χ3v) is 16.1. The van der Waals surface area contributed by atoms with Crippen LogP contribution in [0.2, 0.25) is 0 Å². The Morgan fingerprint density at radius 3 is 1.47 bits per heavy atom. The minimum atomic E-state index is 0.284. The molecule has 1 aliphatic rings. The van der Waals surface area contributed by atoms with Crippen LogP contribution in [0.5, 0.6) is 0 Å². The zero-order valence-corrected chi connectivity index (χ0v) is 36.3. The Kier molecular flexibility index (Phi) is 7.88. The van der Waals surface area contributed by atoms with E-state index < -0.39 is 0 Å². The van der Waals surface area contributed by atoms with Crippen molar-refractivity contribution in [1.29, 1.82) is 0 Å². The maximum Gasteiger partial charge on any atom is 0.0541 e. The third kappa shape index (κ3) is 5.37. The SMILES string of the molecule is C1=CC(c2cccc(-c3cccc4c3sc3ccc(-n5c6ccccc6c6ccccc65)cc34)c2)=CC(c2cccc3c2sc2ccc(-n4c5ccccc5c5ccccc54)cc23)C1. The van der Waals surface area contributed by atoms with E-state index >= 15 is 0 Å². The number of para-hydroxylation sites is 4. The highest BCUT2D eigenvalue weighted by Gasteiger charge is 2.21. The van der Waals surface area contributed by atoms with Crippen LogP contribution in [-0.2, 0) is 0 Å². The standard InChI is InChI=1S/C60H38N2S2/c1-5-25-53-45(17-1)46-18-2-6-26-54(46)61(53)41-29-31-57-51(35-41)49-23-11-21-43(59(49)63-57)39-15-9-13-37(33-39)38-14-10-16-40(34-38)44-22-12-24-50-52-36-42(30-32-58(52)64-60(44)50)62-55-27-7-3-19-47(55)48-20-4-8-28-56(48)62/h1-15,17-36,40H,16H2. The highest BCUT2D eigenvalue weighted by atomic mass is 32.1. The zero-order chi connectivity index (χ0) is 41.9. The number of allylic oxidation sites excluding steroid dienone is 4. The van der Waals surface area contributed by atoms with E-state index in [9.17, 15) is 0 Å². The van der Waals surface area contributed by atoms with Gasteiger partial charge in [0.05, 0.1) is 22.1 Å². The van der Waals surface area contributed by atoms with Crippen LogP contribution in [0.1, 0.15) is 23.5 Å². The van der Waals surface area contributed by atoms with Gasteiger partial charge in [-0.1, -0.05) is 146 Å². The quantitative estimate of drug-likeness (QED) is 0.163. The molecular formula is C60H38N2S2. The van der Waals surface area contributed by atoms with Crippen molar-refractivity contribution >= 4 is 112 Å². The fourth-order valence-corrected chi connectivity index (χ4v) is 13.2. The molecule has 0 fully saturated rings. The predicted molar refractivity (Wildman–Crippen MR) is 277 cm³/mol. The Labute approximate surface area is 377 Å². The van der Waals surface area contributed by atoms with Gasteiger partial charge in [-0.25, -0.2) is 0 Å². The second-order valence-electron chi connectivity index (χ2n) is 17.2. The highest BCUT2D eigenvalue weighted by molar-refractivity contribution is 7.26. The fourth-order valence-electron chi connectivity index (χ4n) is 10.8. The van der Waals surface area contributed by atoms with E-state index in [1.807, 2.05) is 22.7 Å². The van der Waals surface area contributed by atoms with Gasteiger partial charge in [0, 0.05) is 79.2 Å². The first-order valence-corrected chi connectivity index (χ1v) is 23.7. The Bertz CT molecular complexity index is 4020. The Morgan fingerprint density at radius 2 is 0.875 bits per heavy atom. The largest absolute Gasteiger partial charge is 0.309 e. The lowest BCUT2D eigenvalue weighted by molar-refractivity contribution is 0.867. The van der Waals surface area contributed by atoms with Crippen LogP contribution >= 0.6 is 22.7 Å². The van der Waals surface area contributed by atoms with Crippen LogP contribution in [0.3, 0.4) is 0 Å². The second kappa shape index (κ2) is 14.0. The van der Waals surface area contributed by atoms with Gasteiger partial charge in [0.25, 0.3) is 0 Å². The lowest BCUT2D eigenvalue weighted by Gasteiger charge is -2.19. The summed E-state index contributed by atoms with van der Waals surface area (Å²) < 4.78 is 10.2. The minimum absolute atomic E-state index is 0.284. The molecule has 4 heterocycles. The highest BCUT2D eigenvalue weighted by Crippen LogP contribution is 2.45. The Balaban J connectivity index is 0.829. The number of fused-ring (bicyclic) bond motifs is 12. The van der Waals surface area contributed by atoms with Crippen LogP contribution in [0.15, 0.2) is 212 Å². The summed E-state index contributed by atoms with van der Waals surface area (Å²) in [6, 6.07) is 72.1. The molecule has 14 rings (SSSR count). The summed E-state index contributed by atoms with van der Waals surface area (Å²) in [5, 5.41) is 10.4. The number of hydrogen-bond acceptors (Lipinski definition) is 2. The maximum absolute atomic E-state index is 2.51. The minimum Gasteiger partial charge on any atom is -0.309 e. The summed E-state index contributed by atoms with van der Waals surface area (Å²) in [6.07, 6.45) is 8.20.